The van der Waals surface area contributed by atoms with Crippen molar-refractivity contribution >= 4 is 11.9 Å². The summed E-state index contributed by atoms with van der Waals surface area (Å²) in [5, 5.41) is 3.00. The maximum Gasteiger partial charge on any atom is 0.320 e. The number of nitrogens with one attached hydrogen (secondary N) is 1. The van der Waals surface area contributed by atoms with Crippen LogP contribution in [0.2, 0.25) is 0 Å². The van der Waals surface area contributed by atoms with Crippen LogP contribution < -0.4 is 10.1 Å². The maximum absolute atomic E-state index is 12.7. The van der Waals surface area contributed by atoms with Gasteiger partial charge in [-0.1, -0.05) is 55.3 Å². The summed E-state index contributed by atoms with van der Waals surface area (Å²) in [4.78, 5) is 28.6. The molecule has 0 saturated carbocycles. The summed E-state index contributed by atoms with van der Waals surface area (Å²) in [6.45, 7) is 8.68. The standard InChI is InChI=1S/C25H33N3O3/c1-4-5-15-31-23-11-9-22(10-12-23)20(3)26-24(29)18-28-14-13-27(25(28)30)17-21-8-6-7-19(2)16-21/h6-12,16,20H,4-5,13-15,17-18H2,1-3H3,(H,26,29)/t20-/m1/s1. The predicted octanol–water partition coefficient (Wildman–Crippen LogP) is 4.29. The highest BCUT2D eigenvalue weighted by Crippen LogP contribution is 2.19. The molecule has 1 heterocycles. The number of hydrogen-bond donors (Lipinski definition) is 1. The summed E-state index contributed by atoms with van der Waals surface area (Å²) in [6, 6.07) is 15.7. The first kappa shape index (κ1) is 22.7. The molecule has 0 unspecified atom stereocenters. The Kier molecular flexibility index (Phi) is 7.93. The number of amides is 3. The zero-order valence-corrected chi connectivity index (χ0v) is 18.8. The topological polar surface area (TPSA) is 61.9 Å². The molecule has 1 N–H and O–H groups in total. The average Bonchev–Trinajstić information content (AvgIpc) is 3.08. The van der Waals surface area contributed by atoms with Gasteiger partial charge in [-0.3, -0.25) is 4.79 Å². The third-order valence-electron chi connectivity index (χ3n) is 5.50. The zero-order chi connectivity index (χ0) is 22.2. The van der Waals surface area contributed by atoms with Crippen LogP contribution in [0.5, 0.6) is 5.75 Å². The molecule has 1 aliphatic heterocycles. The first-order valence-electron chi connectivity index (χ1n) is 11.1. The van der Waals surface area contributed by atoms with Gasteiger partial charge in [0.15, 0.2) is 0 Å². The lowest BCUT2D eigenvalue weighted by Gasteiger charge is -2.20. The van der Waals surface area contributed by atoms with E-state index in [0.29, 0.717) is 26.2 Å². The van der Waals surface area contributed by atoms with E-state index in [1.807, 2.05) is 56.3 Å². The number of benzene rings is 2. The quantitative estimate of drug-likeness (QED) is 0.580. The van der Waals surface area contributed by atoms with E-state index in [1.165, 1.54) is 5.56 Å². The second-order valence-electron chi connectivity index (χ2n) is 8.17. The Balaban J connectivity index is 1.47. The molecule has 2 aromatic carbocycles. The van der Waals surface area contributed by atoms with E-state index in [-0.39, 0.29) is 24.5 Å². The molecule has 2 aromatic rings. The fourth-order valence-electron chi connectivity index (χ4n) is 3.69. The number of ether oxygens (including phenoxy) is 1. The van der Waals surface area contributed by atoms with Gasteiger partial charge < -0.3 is 19.9 Å². The SMILES string of the molecule is CCCCOc1ccc([C@@H](C)NC(=O)CN2CCN(Cc3cccc(C)c3)C2=O)cc1. The average molecular weight is 424 g/mol. The van der Waals surface area contributed by atoms with Gasteiger partial charge in [0.05, 0.1) is 12.6 Å². The van der Waals surface area contributed by atoms with Crippen LogP contribution in [0.3, 0.4) is 0 Å². The second kappa shape index (κ2) is 10.8. The van der Waals surface area contributed by atoms with Crippen molar-refractivity contribution in [1.29, 1.82) is 0 Å². The number of unbranched alkanes of at least 4 members (excludes halogenated alkanes) is 1. The van der Waals surface area contributed by atoms with Crippen LogP contribution in [-0.4, -0.2) is 48.0 Å². The molecule has 1 atom stereocenters. The van der Waals surface area contributed by atoms with Crippen molar-refractivity contribution in [2.75, 3.05) is 26.2 Å². The molecule has 0 radical (unpaired) electrons. The molecule has 6 nitrogen and oxygen atoms in total. The molecule has 166 valence electrons. The summed E-state index contributed by atoms with van der Waals surface area (Å²) in [6.07, 6.45) is 2.14. The largest absolute Gasteiger partial charge is 0.494 e. The fourth-order valence-corrected chi connectivity index (χ4v) is 3.69. The number of urea groups is 1. The molecule has 3 rings (SSSR count). The van der Waals surface area contributed by atoms with E-state index in [9.17, 15) is 9.59 Å². The Morgan fingerprint density at radius 1 is 1.13 bits per heavy atom. The van der Waals surface area contributed by atoms with E-state index >= 15 is 0 Å². The monoisotopic (exact) mass is 423 g/mol. The molecule has 0 aliphatic carbocycles. The van der Waals surface area contributed by atoms with Crippen LogP contribution in [0, 0.1) is 6.92 Å². The zero-order valence-electron chi connectivity index (χ0n) is 18.8. The molecule has 0 aromatic heterocycles. The normalized spacial score (nSPS) is 14.6. The number of rotatable bonds is 10. The first-order chi connectivity index (χ1) is 15.0. The van der Waals surface area contributed by atoms with Crippen molar-refractivity contribution in [3.63, 3.8) is 0 Å². The number of aryl methyl sites for hydroxylation is 1. The van der Waals surface area contributed by atoms with Gasteiger partial charge in [-0.2, -0.15) is 0 Å². The molecule has 3 amide bonds. The molecular formula is C25H33N3O3. The Labute approximate surface area is 185 Å². The predicted molar refractivity (Wildman–Crippen MR) is 122 cm³/mol. The molecule has 6 heteroatoms. The molecule has 1 saturated heterocycles. The van der Waals surface area contributed by atoms with Crippen LogP contribution in [0.25, 0.3) is 0 Å². The van der Waals surface area contributed by atoms with Gasteiger partial charge in [-0.15, -0.1) is 0 Å². The van der Waals surface area contributed by atoms with Gasteiger partial charge in [0.25, 0.3) is 0 Å². The lowest BCUT2D eigenvalue weighted by molar-refractivity contribution is -0.122. The van der Waals surface area contributed by atoms with Gasteiger partial charge in [-0.05, 0) is 43.5 Å². The van der Waals surface area contributed by atoms with Crippen LogP contribution in [-0.2, 0) is 11.3 Å². The molecule has 0 bridgehead atoms. The number of carbonyl (C=O) groups is 2. The van der Waals surface area contributed by atoms with Gasteiger partial charge in [0.2, 0.25) is 5.91 Å². The highest BCUT2D eigenvalue weighted by atomic mass is 16.5. The Morgan fingerprint density at radius 3 is 2.58 bits per heavy atom. The van der Waals surface area contributed by atoms with E-state index in [2.05, 4.69) is 18.3 Å². The maximum atomic E-state index is 12.7. The van der Waals surface area contributed by atoms with Crippen LogP contribution in [0.1, 0.15) is 49.4 Å². The van der Waals surface area contributed by atoms with Crippen molar-refractivity contribution < 1.29 is 14.3 Å². The first-order valence-corrected chi connectivity index (χ1v) is 11.1. The highest BCUT2D eigenvalue weighted by molar-refractivity contribution is 5.85. The van der Waals surface area contributed by atoms with Gasteiger partial charge in [-0.25, -0.2) is 4.79 Å². The van der Waals surface area contributed by atoms with Crippen molar-refractivity contribution in [2.45, 2.75) is 46.2 Å². The Bertz CT molecular complexity index is 882. The third kappa shape index (κ3) is 6.48. The minimum atomic E-state index is -0.151. The number of hydrogen-bond acceptors (Lipinski definition) is 3. The van der Waals surface area contributed by atoms with Crippen molar-refractivity contribution in [3.05, 3.63) is 65.2 Å². The lowest BCUT2D eigenvalue weighted by Crippen LogP contribution is -2.40. The van der Waals surface area contributed by atoms with E-state index in [4.69, 9.17) is 4.74 Å². The third-order valence-corrected chi connectivity index (χ3v) is 5.50. The summed E-state index contributed by atoms with van der Waals surface area (Å²) in [5.74, 6) is 0.689. The molecule has 1 aliphatic rings. The summed E-state index contributed by atoms with van der Waals surface area (Å²) in [7, 11) is 0. The van der Waals surface area contributed by atoms with E-state index < -0.39 is 0 Å². The number of nitrogens with zero attached hydrogens (tertiary/aromatic N) is 2. The Hall–Kier alpha value is -3.02. The second-order valence-corrected chi connectivity index (χ2v) is 8.17. The summed E-state index contributed by atoms with van der Waals surface area (Å²) in [5.41, 5.74) is 3.29. The summed E-state index contributed by atoms with van der Waals surface area (Å²) < 4.78 is 5.69. The van der Waals surface area contributed by atoms with Crippen molar-refractivity contribution in [1.82, 2.24) is 15.1 Å². The van der Waals surface area contributed by atoms with E-state index in [0.717, 1.165) is 29.7 Å². The van der Waals surface area contributed by atoms with Crippen LogP contribution in [0.4, 0.5) is 4.79 Å². The molecule has 31 heavy (non-hydrogen) atoms. The van der Waals surface area contributed by atoms with Crippen LogP contribution in [0.15, 0.2) is 48.5 Å². The molecule has 1 fully saturated rings. The fraction of sp³-hybridized carbons (Fsp3) is 0.440. The minimum Gasteiger partial charge on any atom is -0.494 e. The van der Waals surface area contributed by atoms with Gasteiger partial charge in [0, 0.05) is 19.6 Å². The molecule has 0 spiro atoms. The Morgan fingerprint density at radius 2 is 1.87 bits per heavy atom. The van der Waals surface area contributed by atoms with E-state index in [1.54, 1.807) is 9.80 Å². The van der Waals surface area contributed by atoms with Crippen molar-refractivity contribution in [3.8, 4) is 5.75 Å². The minimum absolute atomic E-state index is 0.0751. The van der Waals surface area contributed by atoms with Gasteiger partial charge >= 0.3 is 6.03 Å². The molecular weight excluding hydrogens is 390 g/mol. The van der Waals surface area contributed by atoms with Crippen molar-refractivity contribution in [2.24, 2.45) is 0 Å². The lowest BCUT2D eigenvalue weighted by atomic mass is 10.1. The highest BCUT2D eigenvalue weighted by Gasteiger charge is 2.30. The number of carbonyl (C=O) groups excluding carboxylic acids is 2. The van der Waals surface area contributed by atoms with Gasteiger partial charge in [0.1, 0.15) is 12.3 Å². The smallest absolute Gasteiger partial charge is 0.320 e. The van der Waals surface area contributed by atoms with Crippen LogP contribution >= 0.6 is 0 Å². The summed E-state index contributed by atoms with van der Waals surface area (Å²) >= 11 is 0.